The number of hydrogen-bond donors (Lipinski definition) is 1. The molecular formula is C16H19ClN4OS. The van der Waals surface area contributed by atoms with Crippen molar-refractivity contribution in [3.63, 3.8) is 0 Å². The van der Waals surface area contributed by atoms with Gasteiger partial charge in [0, 0.05) is 19.6 Å². The molecule has 4 heterocycles. The normalized spacial score (nSPS) is 26.4. The van der Waals surface area contributed by atoms with Crippen LogP contribution in [-0.2, 0) is 0 Å². The van der Waals surface area contributed by atoms with E-state index >= 15 is 0 Å². The molecule has 0 aliphatic carbocycles. The lowest BCUT2D eigenvalue weighted by Crippen LogP contribution is -2.58. The highest BCUT2D eigenvalue weighted by molar-refractivity contribution is 7.23. The number of benzene rings is 1. The maximum Gasteiger partial charge on any atom is 0.323 e. The van der Waals surface area contributed by atoms with Crippen LogP contribution < -0.4 is 5.32 Å². The number of thiazole rings is 1. The van der Waals surface area contributed by atoms with Crippen molar-refractivity contribution in [1.29, 1.82) is 0 Å². The fourth-order valence-corrected chi connectivity index (χ4v) is 4.82. The maximum atomic E-state index is 12.6. The van der Waals surface area contributed by atoms with Crippen molar-refractivity contribution < 1.29 is 4.79 Å². The summed E-state index contributed by atoms with van der Waals surface area (Å²) in [6.45, 7) is 3.33. The molecule has 0 saturated carbocycles. The standard InChI is InChI=1S/C16H19ClN4OS/c1-20(13-9-21-7-5-10(13)6-8-21)16(22)19-15-18-12-4-2-3-11(17)14(12)23-15/h2-4,10,13H,5-9H2,1H3,(H,18,19,22)/t13-/m0/s1. The maximum absolute atomic E-state index is 12.6. The number of hydrogen-bond acceptors (Lipinski definition) is 4. The molecule has 5 rings (SSSR count). The molecule has 0 spiro atoms. The van der Waals surface area contributed by atoms with Crippen molar-refractivity contribution in [3.8, 4) is 0 Å². The van der Waals surface area contributed by atoms with Crippen LogP contribution in [0.3, 0.4) is 0 Å². The number of anilines is 1. The van der Waals surface area contributed by atoms with Gasteiger partial charge >= 0.3 is 6.03 Å². The minimum absolute atomic E-state index is 0.0843. The van der Waals surface area contributed by atoms with E-state index in [0.29, 0.717) is 22.1 Å². The molecule has 5 nitrogen and oxygen atoms in total. The zero-order valence-electron chi connectivity index (χ0n) is 13.0. The Balaban J connectivity index is 1.49. The summed E-state index contributed by atoms with van der Waals surface area (Å²) in [5.41, 5.74) is 0.822. The van der Waals surface area contributed by atoms with Crippen LogP contribution >= 0.6 is 22.9 Å². The molecule has 3 fully saturated rings. The first-order valence-corrected chi connectivity index (χ1v) is 9.12. The molecule has 122 valence electrons. The minimum Gasteiger partial charge on any atom is -0.323 e. The average molecular weight is 351 g/mol. The molecule has 2 aromatic rings. The summed E-state index contributed by atoms with van der Waals surface area (Å²) in [5, 5.41) is 4.21. The molecule has 0 radical (unpaired) electrons. The number of carbonyl (C=O) groups excluding carboxylic acids is 1. The predicted molar refractivity (Wildman–Crippen MR) is 94.4 cm³/mol. The van der Waals surface area contributed by atoms with E-state index in [4.69, 9.17) is 11.6 Å². The van der Waals surface area contributed by atoms with E-state index in [-0.39, 0.29) is 6.03 Å². The third-order valence-corrected chi connectivity index (χ3v) is 6.47. The third-order valence-electron chi connectivity index (χ3n) is 5.02. The number of likely N-dealkylation sites (N-methyl/N-ethyl adjacent to an activating group) is 1. The fraction of sp³-hybridized carbons (Fsp3) is 0.500. The molecule has 3 saturated heterocycles. The Hall–Kier alpha value is -1.37. The Labute approximate surface area is 144 Å². The summed E-state index contributed by atoms with van der Waals surface area (Å²) in [6.07, 6.45) is 2.39. The van der Waals surface area contributed by atoms with Crippen LogP contribution in [0.1, 0.15) is 12.8 Å². The Bertz CT molecular complexity index is 741. The monoisotopic (exact) mass is 350 g/mol. The zero-order chi connectivity index (χ0) is 16.0. The Morgan fingerprint density at radius 1 is 1.43 bits per heavy atom. The van der Waals surface area contributed by atoms with Gasteiger partial charge in [-0.25, -0.2) is 9.78 Å². The van der Waals surface area contributed by atoms with Gasteiger partial charge in [0.2, 0.25) is 0 Å². The van der Waals surface area contributed by atoms with Gasteiger partial charge in [-0.15, -0.1) is 0 Å². The van der Waals surface area contributed by atoms with Crippen LogP contribution in [0.4, 0.5) is 9.93 Å². The van der Waals surface area contributed by atoms with Crippen LogP contribution in [0, 0.1) is 5.92 Å². The van der Waals surface area contributed by atoms with Crippen molar-refractivity contribution in [2.24, 2.45) is 5.92 Å². The molecule has 3 aliphatic rings. The SMILES string of the molecule is CN(C(=O)Nc1nc2cccc(Cl)c2s1)[C@H]1CN2CCC1CC2. The number of rotatable bonds is 2. The van der Waals surface area contributed by atoms with Crippen molar-refractivity contribution in [2.45, 2.75) is 18.9 Å². The summed E-state index contributed by atoms with van der Waals surface area (Å²) in [6, 6.07) is 5.83. The van der Waals surface area contributed by atoms with E-state index in [1.165, 1.54) is 37.3 Å². The van der Waals surface area contributed by atoms with Crippen LogP contribution in [0.25, 0.3) is 10.2 Å². The first kappa shape index (κ1) is 15.2. The van der Waals surface area contributed by atoms with Crippen LogP contribution in [0.15, 0.2) is 18.2 Å². The van der Waals surface area contributed by atoms with E-state index < -0.39 is 0 Å². The summed E-state index contributed by atoms with van der Waals surface area (Å²) in [5.74, 6) is 0.626. The van der Waals surface area contributed by atoms with Gasteiger partial charge in [-0.2, -0.15) is 0 Å². The fourth-order valence-electron chi connectivity index (χ4n) is 3.67. The quantitative estimate of drug-likeness (QED) is 0.901. The molecule has 2 bridgehead atoms. The van der Waals surface area contributed by atoms with E-state index in [1.54, 1.807) is 0 Å². The summed E-state index contributed by atoms with van der Waals surface area (Å²) < 4.78 is 0.912. The number of halogens is 1. The molecule has 3 aliphatic heterocycles. The Kier molecular flexibility index (Phi) is 3.91. The number of carbonyl (C=O) groups is 1. The van der Waals surface area contributed by atoms with Gasteiger partial charge < -0.3 is 9.80 Å². The van der Waals surface area contributed by atoms with Crippen LogP contribution in [0.5, 0.6) is 0 Å². The number of nitrogens with one attached hydrogen (secondary N) is 1. The number of piperidine rings is 3. The first-order valence-electron chi connectivity index (χ1n) is 7.93. The first-order chi connectivity index (χ1) is 11.1. The number of amides is 2. The largest absolute Gasteiger partial charge is 0.323 e. The van der Waals surface area contributed by atoms with Gasteiger partial charge in [0.1, 0.15) is 0 Å². The molecule has 0 unspecified atom stereocenters. The summed E-state index contributed by atoms with van der Waals surface area (Å²) in [4.78, 5) is 21.3. The lowest BCUT2D eigenvalue weighted by molar-refractivity contribution is 0.0336. The Morgan fingerprint density at radius 3 is 2.87 bits per heavy atom. The Morgan fingerprint density at radius 2 is 2.22 bits per heavy atom. The smallest absolute Gasteiger partial charge is 0.323 e. The van der Waals surface area contributed by atoms with Crippen molar-refractivity contribution >= 4 is 44.3 Å². The second-order valence-electron chi connectivity index (χ2n) is 6.35. The molecule has 7 heteroatoms. The lowest BCUT2D eigenvalue weighted by atomic mass is 9.83. The molecule has 23 heavy (non-hydrogen) atoms. The molecule has 1 aromatic heterocycles. The van der Waals surface area contributed by atoms with Crippen LogP contribution in [0.2, 0.25) is 5.02 Å². The average Bonchev–Trinajstić information content (AvgIpc) is 2.99. The summed E-state index contributed by atoms with van der Waals surface area (Å²) >= 11 is 7.60. The molecule has 1 N–H and O–H groups in total. The van der Waals surface area contributed by atoms with E-state index in [2.05, 4.69) is 15.2 Å². The molecule has 1 atom stereocenters. The number of aromatic nitrogens is 1. The van der Waals surface area contributed by atoms with Gasteiger partial charge in [-0.05, 0) is 44.0 Å². The zero-order valence-corrected chi connectivity index (χ0v) is 14.5. The van der Waals surface area contributed by atoms with Crippen molar-refractivity contribution in [2.75, 3.05) is 32.0 Å². The second kappa shape index (κ2) is 5.92. The highest BCUT2D eigenvalue weighted by Gasteiger charge is 2.37. The highest BCUT2D eigenvalue weighted by atomic mass is 35.5. The summed E-state index contributed by atoms with van der Waals surface area (Å²) in [7, 11) is 1.89. The number of fused-ring (bicyclic) bond motifs is 4. The van der Waals surface area contributed by atoms with Gasteiger partial charge in [0.05, 0.1) is 15.2 Å². The van der Waals surface area contributed by atoms with E-state index in [0.717, 1.165) is 16.8 Å². The van der Waals surface area contributed by atoms with Gasteiger partial charge in [0.15, 0.2) is 5.13 Å². The van der Waals surface area contributed by atoms with Crippen molar-refractivity contribution in [1.82, 2.24) is 14.8 Å². The van der Waals surface area contributed by atoms with E-state index in [1.807, 2.05) is 30.1 Å². The highest BCUT2D eigenvalue weighted by Crippen LogP contribution is 2.33. The molecular weight excluding hydrogens is 332 g/mol. The second-order valence-corrected chi connectivity index (χ2v) is 7.76. The van der Waals surface area contributed by atoms with Gasteiger partial charge in [0.25, 0.3) is 0 Å². The minimum atomic E-state index is -0.0843. The van der Waals surface area contributed by atoms with Gasteiger partial charge in [-0.1, -0.05) is 29.0 Å². The molecule has 2 amide bonds. The lowest BCUT2D eigenvalue weighted by Gasteiger charge is -2.47. The predicted octanol–water partition coefficient (Wildman–Crippen LogP) is 3.51. The third kappa shape index (κ3) is 2.79. The number of urea groups is 1. The van der Waals surface area contributed by atoms with Crippen molar-refractivity contribution in [3.05, 3.63) is 23.2 Å². The van der Waals surface area contributed by atoms with Crippen LogP contribution in [-0.4, -0.2) is 53.5 Å². The van der Waals surface area contributed by atoms with E-state index in [9.17, 15) is 4.79 Å². The number of nitrogens with zero attached hydrogens (tertiary/aromatic N) is 3. The van der Waals surface area contributed by atoms with Gasteiger partial charge in [-0.3, -0.25) is 5.32 Å². The molecule has 1 aromatic carbocycles. The topological polar surface area (TPSA) is 48.5 Å².